The van der Waals surface area contributed by atoms with Gasteiger partial charge in [0.05, 0.1) is 32.4 Å². The predicted molar refractivity (Wildman–Crippen MR) is 133 cm³/mol. The lowest BCUT2D eigenvalue weighted by molar-refractivity contribution is 0.292. The number of nitrogens with one attached hydrogen (secondary N) is 2. The number of aromatic nitrogens is 2. The standard InChI is InChI=1S/C25H28N4O3S/c1-16(29-25-19-12-21(31-2)22(32-3)13-20(19)27-15-28-25)23-8-9-24(33-23)18-7-5-4-6-17(18)14-26-10-11-30/h4-9,12-13,15-16,26,30H,10-11,14H2,1-3H3,(H,27,28,29). The first-order chi connectivity index (χ1) is 16.1. The molecule has 3 N–H and O–H groups in total. The monoisotopic (exact) mass is 464 g/mol. The van der Waals surface area contributed by atoms with Crippen LogP contribution in [0.2, 0.25) is 0 Å². The lowest BCUT2D eigenvalue weighted by Gasteiger charge is -2.16. The van der Waals surface area contributed by atoms with E-state index in [2.05, 4.69) is 57.9 Å². The van der Waals surface area contributed by atoms with Crippen LogP contribution >= 0.6 is 11.3 Å². The molecule has 8 heteroatoms. The van der Waals surface area contributed by atoms with E-state index >= 15 is 0 Å². The van der Waals surface area contributed by atoms with E-state index in [9.17, 15) is 0 Å². The minimum Gasteiger partial charge on any atom is -0.493 e. The molecule has 0 fully saturated rings. The van der Waals surface area contributed by atoms with Gasteiger partial charge in [0, 0.05) is 34.3 Å². The molecule has 0 aliphatic carbocycles. The smallest absolute Gasteiger partial charge is 0.162 e. The Morgan fingerprint density at radius 3 is 2.61 bits per heavy atom. The summed E-state index contributed by atoms with van der Waals surface area (Å²) in [7, 11) is 3.23. The van der Waals surface area contributed by atoms with Crippen LogP contribution in [0.5, 0.6) is 11.5 Å². The Morgan fingerprint density at radius 2 is 1.82 bits per heavy atom. The average molecular weight is 465 g/mol. The van der Waals surface area contributed by atoms with Gasteiger partial charge in [-0.15, -0.1) is 11.3 Å². The molecule has 7 nitrogen and oxygen atoms in total. The molecular weight excluding hydrogens is 436 g/mol. The number of thiophene rings is 1. The fraction of sp³-hybridized carbons (Fsp3) is 0.280. The molecule has 2 aromatic carbocycles. The second-order valence-electron chi connectivity index (χ2n) is 7.57. The number of anilines is 1. The SMILES string of the molecule is COc1cc2ncnc(NC(C)c3ccc(-c4ccccc4CNCCO)s3)c2cc1OC. The van der Waals surface area contributed by atoms with Gasteiger partial charge in [-0.1, -0.05) is 24.3 Å². The Bertz CT molecular complexity index is 1230. The second-order valence-corrected chi connectivity index (χ2v) is 8.69. The number of aliphatic hydroxyl groups is 1. The van der Waals surface area contributed by atoms with Crippen LogP contribution in [0.3, 0.4) is 0 Å². The average Bonchev–Trinajstić information content (AvgIpc) is 3.34. The lowest BCUT2D eigenvalue weighted by Crippen LogP contribution is -2.17. The van der Waals surface area contributed by atoms with Gasteiger partial charge in [0.15, 0.2) is 11.5 Å². The molecular formula is C25H28N4O3S. The third kappa shape index (κ3) is 5.08. The summed E-state index contributed by atoms with van der Waals surface area (Å²) in [6.45, 7) is 3.55. The first kappa shape index (κ1) is 23.0. The highest BCUT2D eigenvalue weighted by atomic mass is 32.1. The van der Waals surface area contributed by atoms with E-state index in [1.54, 1.807) is 31.9 Å². The molecule has 2 aromatic heterocycles. The van der Waals surface area contributed by atoms with Crippen molar-refractivity contribution in [2.75, 3.05) is 32.7 Å². The highest BCUT2D eigenvalue weighted by molar-refractivity contribution is 7.15. The van der Waals surface area contributed by atoms with Gasteiger partial charge in [0.1, 0.15) is 12.1 Å². The molecule has 1 unspecified atom stereocenters. The number of nitrogens with zero attached hydrogens (tertiary/aromatic N) is 2. The van der Waals surface area contributed by atoms with Crippen molar-refractivity contribution in [2.24, 2.45) is 0 Å². The molecule has 0 bridgehead atoms. The summed E-state index contributed by atoms with van der Waals surface area (Å²) < 4.78 is 10.9. The van der Waals surface area contributed by atoms with E-state index in [1.807, 2.05) is 18.2 Å². The van der Waals surface area contributed by atoms with E-state index < -0.39 is 0 Å². The van der Waals surface area contributed by atoms with Crippen LogP contribution in [0, 0.1) is 0 Å². The van der Waals surface area contributed by atoms with Crippen molar-refractivity contribution in [3.63, 3.8) is 0 Å². The van der Waals surface area contributed by atoms with Crippen LogP contribution in [0.25, 0.3) is 21.3 Å². The summed E-state index contributed by atoms with van der Waals surface area (Å²) in [6, 6.07) is 16.5. The number of fused-ring (bicyclic) bond motifs is 1. The fourth-order valence-corrected chi connectivity index (χ4v) is 4.79. The van der Waals surface area contributed by atoms with Crippen molar-refractivity contribution in [1.29, 1.82) is 0 Å². The number of hydrogen-bond acceptors (Lipinski definition) is 8. The molecule has 0 saturated carbocycles. The number of methoxy groups -OCH3 is 2. The number of aliphatic hydroxyl groups excluding tert-OH is 1. The molecule has 0 radical (unpaired) electrons. The Kier molecular flexibility index (Phi) is 7.39. The van der Waals surface area contributed by atoms with Gasteiger partial charge in [0.2, 0.25) is 0 Å². The molecule has 0 amide bonds. The van der Waals surface area contributed by atoms with Gasteiger partial charge in [-0.25, -0.2) is 9.97 Å². The molecule has 172 valence electrons. The molecule has 4 rings (SSSR count). The van der Waals surface area contributed by atoms with Gasteiger partial charge >= 0.3 is 0 Å². The van der Waals surface area contributed by atoms with Crippen LogP contribution in [0.15, 0.2) is 54.9 Å². The van der Waals surface area contributed by atoms with Gasteiger partial charge in [-0.2, -0.15) is 0 Å². The van der Waals surface area contributed by atoms with Gasteiger partial charge in [-0.05, 0) is 36.2 Å². The van der Waals surface area contributed by atoms with E-state index in [0.29, 0.717) is 18.0 Å². The summed E-state index contributed by atoms with van der Waals surface area (Å²) in [5.41, 5.74) is 3.20. The van der Waals surface area contributed by atoms with Crippen molar-refractivity contribution in [3.05, 3.63) is 65.3 Å². The predicted octanol–water partition coefficient (Wildman–Crippen LogP) is 4.63. The van der Waals surface area contributed by atoms with Crippen molar-refractivity contribution in [2.45, 2.75) is 19.5 Å². The van der Waals surface area contributed by atoms with Gasteiger partial charge in [0.25, 0.3) is 0 Å². The van der Waals surface area contributed by atoms with Crippen molar-refractivity contribution >= 4 is 28.1 Å². The summed E-state index contributed by atoms with van der Waals surface area (Å²) in [5, 5.41) is 16.7. The zero-order chi connectivity index (χ0) is 23.2. The quantitative estimate of drug-likeness (QED) is 0.295. The third-order valence-electron chi connectivity index (χ3n) is 5.43. The molecule has 2 heterocycles. The van der Waals surface area contributed by atoms with Crippen molar-refractivity contribution in [1.82, 2.24) is 15.3 Å². The minimum absolute atomic E-state index is 0.0506. The summed E-state index contributed by atoms with van der Waals surface area (Å²) >= 11 is 1.76. The zero-order valence-corrected chi connectivity index (χ0v) is 19.8. The highest BCUT2D eigenvalue weighted by Crippen LogP contribution is 2.37. The zero-order valence-electron chi connectivity index (χ0n) is 19.0. The Labute approximate surface area is 197 Å². The molecule has 0 aliphatic heterocycles. The second kappa shape index (κ2) is 10.6. The van der Waals surface area contributed by atoms with Crippen molar-refractivity contribution < 1.29 is 14.6 Å². The Morgan fingerprint density at radius 1 is 1.03 bits per heavy atom. The van der Waals surface area contributed by atoms with E-state index in [0.717, 1.165) is 23.3 Å². The molecule has 0 saturated heterocycles. The molecule has 33 heavy (non-hydrogen) atoms. The van der Waals surface area contributed by atoms with E-state index in [1.165, 1.54) is 20.9 Å². The largest absolute Gasteiger partial charge is 0.493 e. The van der Waals surface area contributed by atoms with Crippen LogP contribution in [-0.4, -0.2) is 42.4 Å². The number of ether oxygens (including phenoxy) is 2. The lowest BCUT2D eigenvalue weighted by atomic mass is 10.1. The maximum absolute atomic E-state index is 9.05. The van der Waals surface area contributed by atoms with Crippen LogP contribution in [0.4, 0.5) is 5.82 Å². The highest BCUT2D eigenvalue weighted by Gasteiger charge is 2.15. The van der Waals surface area contributed by atoms with E-state index in [-0.39, 0.29) is 12.6 Å². The summed E-state index contributed by atoms with van der Waals surface area (Å²) in [5.74, 6) is 2.02. The Hall–Kier alpha value is -3.20. The van der Waals surface area contributed by atoms with Crippen LogP contribution in [-0.2, 0) is 6.54 Å². The molecule has 0 aliphatic rings. The maximum atomic E-state index is 9.05. The number of benzene rings is 2. The molecule has 4 aromatic rings. The summed E-state index contributed by atoms with van der Waals surface area (Å²) in [4.78, 5) is 11.3. The molecule has 1 atom stereocenters. The Balaban J connectivity index is 1.58. The number of hydrogen-bond donors (Lipinski definition) is 3. The number of rotatable bonds is 10. The van der Waals surface area contributed by atoms with Crippen LogP contribution < -0.4 is 20.1 Å². The fourth-order valence-electron chi connectivity index (χ4n) is 3.72. The van der Waals surface area contributed by atoms with Crippen molar-refractivity contribution in [3.8, 4) is 21.9 Å². The normalized spacial score (nSPS) is 12.0. The third-order valence-corrected chi connectivity index (χ3v) is 6.74. The first-order valence-electron chi connectivity index (χ1n) is 10.8. The first-order valence-corrected chi connectivity index (χ1v) is 11.6. The van der Waals surface area contributed by atoms with Gasteiger partial charge in [-0.3, -0.25) is 0 Å². The van der Waals surface area contributed by atoms with Crippen LogP contribution in [0.1, 0.15) is 23.4 Å². The van der Waals surface area contributed by atoms with E-state index in [4.69, 9.17) is 14.6 Å². The molecule has 0 spiro atoms. The maximum Gasteiger partial charge on any atom is 0.162 e. The minimum atomic E-state index is 0.0506. The van der Waals surface area contributed by atoms with Gasteiger partial charge < -0.3 is 25.2 Å². The summed E-state index contributed by atoms with van der Waals surface area (Å²) in [6.07, 6.45) is 1.55. The topological polar surface area (TPSA) is 88.5 Å².